The number of rotatable bonds is 6. The molecule has 0 N–H and O–H groups in total. The molecule has 0 aromatic rings. The second-order valence-corrected chi connectivity index (χ2v) is 5.96. The van der Waals surface area contributed by atoms with Crippen molar-refractivity contribution in [2.24, 2.45) is 5.41 Å². The minimum atomic E-state index is -0.449. The first-order valence-electron chi connectivity index (χ1n) is 6.02. The molecule has 0 rings (SSSR count). The van der Waals surface area contributed by atoms with E-state index in [9.17, 15) is 4.79 Å². The predicted octanol–water partition coefficient (Wildman–Crippen LogP) is 2.41. The van der Waals surface area contributed by atoms with Crippen LogP contribution in [0.2, 0.25) is 0 Å². The van der Waals surface area contributed by atoms with Crippen molar-refractivity contribution in [3.05, 3.63) is 0 Å². The summed E-state index contributed by atoms with van der Waals surface area (Å²) in [6.07, 6.45) is 0. The Bertz CT molecular complexity index is 223. The molecule has 0 atom stereocenters. The fourth-order valence-corrected chi connectivity index (χ4v) is 0.919. The standard InChI is InChI=1S/C13H26O4/c1-12(2,3)11(14)16-9-7-15-8-10-17-13(4,5)6/h7-10H2,1-6H3. The lowest BCUT2D eigenvalue weighted by molar-refractivity contribution is -0.154. The van der Waals surface area contributed by atoms with Crippen molar-refractivity contribution in [1.82, 2.24) is 0 Å². The summed E-state index contributed by atoms with van der Waals surface area (Å²) in [5, 5.41) is 0. The summed E-state index contributed by atoms with van der Waals surface area (Å²) in [6.45, 7) is 13.3. The van der Waals surface area contributed by atoms with Crippen LogP contribution in [0.4, 0.5) is 0 Å². The largest absolute Gasteiger partial charge is 0.463 e. The lowest BCUT2D eigenvalue weighted by Crippen LogP contribution is -2.25. The highest BCUT2D eigenvalue weighted by atomic mass is 16.6. The highest BCUT2D eigenvalue weighted by Crippen LogP contribution is 2.14. The van der Waals surface area contributed by atoms with Crippen molar-refractivity contribution in [3.8, 4) is 0 Å². The van der Waals surface area contributed by atoms with E-state index in [1.165, 1.54) is 0 Å². The maximum Gasteiger partial charge on any atom is 0.311 e. The molecule has 4 heteroatoms. The third-order valence-corrected chi connectivity index (χ3v) is 1.84. The zero-order valence-corrected chi connectivity index (χ0v) is 12.0. The van der Waals surface area contributed by atoms with Gasteiger partial charge in [-0.25, -0.2) is 0 Å². The molecule has 0 aliphatic heterocycles. The lowest BCUT2D eigenvalue weighted by Gasteiger charge is -2.19. The second-order valence-electron chi connectivity index (χ2n) is 5.96. The fourth-order valence-electron chi connectivity index (χ4n) is 0.919. The third-order valence-electron chi connectivity index (χ3n) is 1.84. The van der Waals surface area contributed by atoms with Gasteiger partial charge in [-0.3, -0.25) is 4.79 Å². The number of hydrogen-bond acceptors (Lipinski definition) is 4. The molecular weight excluding hydrogens is 220 g/mol. The predicted molar refractivity (Wildman–Crippen MR) is 66.9 cm³/mol. The molecule has 17 heavy (non-hydrogen) atoms. The summed E-state index contributed by atoms with van der Waals surface area (Å²) >= 11 is 0. The molecule has 0 aliphatic rings. The van der Waals surface area contributed by atoms with Gasteiger partial charge in [-0.05, 0) is 41.5 Å². The molecule has 0 bridgehead atoms. The molecule has 0 aromatic heterocycles. The molecule has 0 heterocycles. The number of carbonyl (C=O) groups excluding carboxylic acids is 1. The SMILES string of the molecule is CC(C)(C)OCCOCCOC(=O)C(C)(C)C. The van der Waals surface area contributed by atoms with Gasteiger partial charge in [0.15, 0.2) is 0 Å². The highest BCUT2D eigenvalue weighted by molar-refractivity contribution is 5.75. The number of ether oxygens (including phenoxy) is 3. The van der Waals surface area contributed by atoms with E-state index in [0.717, 1.165) is 0 Å². The Morgan fingerprint density at radius 3 is 1.88 bits per heavy atom. The second kappa shape index (κ2) is 6.97. The van der Waals surface area contributed by atoms with E-state index in [2.05, 4.69) is 0 Å². The van der Waals surface area contributed by atoms with Gasteiger partial charge in [0.1, 0.15) is 6.61 Å². The van der Waals surface area contributed by atoms with Gasteiger partial charge in [0.05, 0.1) is 30.8 Å². The minimum absolute atomic E-state index is 0.137. The quantitative estimate of drug-likeness (QED) is 0.533. The lowest BCUT2D eigenvalue weighted by atomic mass is 9.97. The Balaban J connectivity index is 3.39. The molecular formula is C13H26O4. The van der Waals surface area contributed by atoms with E-state index in [1.54, 1.807) is 0 Å². The highest BCUT2D eigenvalue weighted by Gasteiger charge is 2.22. The normalized spacial score (nSPS) is 12.6. The number of hydrogen-bond donors (Lipinski definition) is 0. The zero-order valence-electron chi connectivity index (χ0n) is 12.0. The molecule has 0 saturated carbocycles. The van der Waals surface area contributed by atoms with Gasteiger partial charge in [0, 0.05) is 0 Å². The van der Waals surface area contributed by atoms with Crippen molar-refractivity contribution in [2.45, 2.75) is 47.1 Å². The van der Waals surface area contributed by atoms with Crippen LogP contribution in [0.5, 0.6) is 0 Å². The molecule has 0 aromatic carbocycles. The van der Waals surface area contributed by atoms with Crippen molar-refractivity contribution < 1.29 is 19.0 Å². The van der Waals surface area contributed by atoms with Crippen LogP contribution >= 0.6 is 0 Å². The van der Waals surface area contributed by atoms with Gasteiger partial charge in [-0.1, -0.05) is 0 Å². The maximum atomic E-state index is 11.4. The van der Waals surface area contributed by atoms with Crippen LogP contribution in [-0.2, 0) is 19.0 Å². The summed E-state index contributed by atoms with van der Waals surface area (Å²) in [5.41, 5.74) is -0.586. The molecule has 0 aliphatic carbocycles. The summed E-state index contributed by atoms with van der Waals surface area (Å²) in [5.74, 6) is -0.202. The van der Waals surface area contributed by atoms with Gasteiger partial charge >= 0.3 is 5.97 Å². The molecule has 4 nitrogen and oxygen atoms in total. The van der Waals surface area contributed by atoms with Gasteiger partial charge in [0.2, 0.25) is 0 Å². The Morgan fingerprint density at radius 1 is 0.882 bits per heavy atom. The van der Waals surface area contributed by atoms with Crippen molar-refractivity contribution >= 4 is 5.97 Å². The van der Waals surface area contributed by atoms with Crippen molar-refractivity contribution in [2.75, 3.05) is 26.4 Å². The molecule has 102 valence electrons. The zero-order chi connectivity index (χ0) is 13.5. The molecule has 0 spiro atoms. The van der Waals surface area contributed by atoms with Crippen LogP contribution in [-0.4, -0.2) is 38.0 Å². The number of carbonyl (C=O) groups is 1. The van der Waals surface area contributed by atoms with E-state index in [-0.39, 0.29) is 11.6 Å². The maximum absolute atomic E-state index is 11.4. The average molecular weight is 246 g/mol. The Hall–Kier alpha value is -0.610. The van der Waals surface area contributed by atoms with Crippen LogP contribution in [0, 0.1) is 5.41 Å². The van der Waals surface area contributed by atoms with E-state index < -0.39 is 5.41 Å². The van der Waals surface area contributed by atoms with E-state index in [1.807, 2.05) is 41.5 Å². The van der Waals surface area contributed by atoms with Crippen molar-refractivity contribution in [1.29, 1.82) is 0 Å². The molecule has 0 radical (unpaired) electrons. The van der Waals surface area contributed by atoms with Gasteiger partial charge in [0.25, 0.3) is 0 Å². The molecule has 0 saturated heterocycles. The van der Waals surface area contributed by atoms with Crippen molar-refractivity contribution in [3.63, 3.8) is 0 Å². The van der Waals surface area contributed by atoms with E-state index in [0.29, 0.717) is 26.4 Å². The van der Waals surface area contributed by atoms with E-state index in [4.69, 9.17) is 14.2 Å². The topological polar surface area (TPSA) is 44.8 Å². The monoisotopic (exact) mass is 246 g/mol. The first-order valence-corrected chi connectivity index (χ1v) is 6.02. The van der Waals surface area contributed by atoms with Crippen LogP contribution in [0.15, 0.2) is 0 Å². The van der Waals surface area contributed by atoms with Gasteiger partial charge < -0.3 is 14.2 Å². The molecule has 0 amide bonds. The van der Waals surface area contributed by atoms with E-state index >= 15 is 0 Å². The van der Waals surface area contributed by atoms with Crippen LogP contribution in [0.1, 0.15) is 41.5 Å². The van der Waals surface area contributed by atoms with Gasteiger partial charge in [-0.2, -0.15) is 0 Å². The molecule has 0 fully saturated rings. The average Bonchev–Trinajstić information content (AvgIpc) is 2.12. The first-order chi connectivity index (χ1) is 7.63. The Labute approximate surface area is 105 Å². The third kappa shape index (κ3) is 10.3. The van der Waals surface area contributed by atoms with Crippen LogP contribution < -0.4 is 0 Å². The summed E-state index contributed by atoms with van der Waals surface area (Å²) in [4.78, 5) is 11.4. The number of esters is 1. The molecule has 0 unspecified atom stereocenters. The van der Waals surface area contributed by atoms with Gasteiger partial charge in [-0.15, -0.1) is 0 Å². The summed E-state index contributed by atoms with van der Waals surface area (Å²) in [7, 11) is 0. The Kier molecular flexibility index (Phi) is 6.72. The van der Waals surface area contributed by atoms with Crippen LogP contribution in [0.25, 0.3) is 0 Å². The summed E-state index contributed by atoms with van der Waals surface area (Å²) in [6, 6.07) is 0. The first kappa shape index (κ1) is 16.4. The summed E-state index contributed by atoms with van der Waals surface area (Å²) < 4.78 is 15.8. The Morgan fingerprint density at radius 2 is 1.41 bits per heavy atom. The van der Waals surface area contributed by atoms with Crippen LogP contribution in [0.3, 0.4) is 0 Å². The fraction of sp³-hybridized carbons (Fsp3) is 0.923. The minimum Gasteiger partial charge on any atom is -0.463 e. The smallest absolute Gasteiger partial charge is 0.311 e.